The van der Waals surface area contributed by atoms with Crippen molar-refractivity contribution < 1.29 is 44.0 Å². The van der Waals surface area contributed by atoms with Crippen molar-refractivity contribution in [1.82, 2.24) is 0 Å². The third-order valence-electron chi connectivity index (χ3n) is 1.12. The molecular formula is C9H10O9. The van der Waals surface area contributed by atoms with Crippen LogP contribution in [-0.4, -0.2) is 18.1 Å². The van der Waals surface area contributed by atoms with Gasteiger partial charge < -0.3 is 0 Å². The van der Waals surface area contributed by atoms with Crippen LogP contribution in [0.25, 0.3) is 0 Å². The van der Waals surface area contributed by atoms with Crippen molar-refractivity contribution in [3.05, 3.63) is 24.3 Å². The van der Waals surface area contributed by atoms with Crippen molar-refractivity contribution in [2.24, 2.45) is 0 Å². The van der Waals surface area contributed by atoms with Gasteiger partial charge in [-0.25, -0.2) is 19.4 Å². The molecule has 0 atom stereocenters. The SMILES string of the molecule is C=C(C)C(=O)OOOC(=O)OOOC(=O)C(=C)C. The van der Waals surface area contributed by atoms with Crippen LogP contribution in [0, 0.1) is 0 Å². The Bertz CT molecular complexity index is 336. The maximum atomic E-state index is 10.7. The van der Waals surface area contributed by atoms with Gasteiger partial charge in [0.1, 0.15) is 0 Å². The molecule has 100 valence electrons. The van der Waals surface area contributed by atoms with Crippen LogP contribution in [0.15, 0.2) is 24.3 Å². The van der Waals surface area contributed by atoms with Gasteiger partial charge in [0.15, 0.2) is 0 Å². The van der Waals surface area contributed by atoms with E-state index in [1.807, 2.05) is 0 Å². The average Bonchev–Trinajstić information content (AvgIpc) is 2.28. The van der Waals surface area contributed by atoms with Crippen LogP contribution in [0.5, 0.6) is 0 Å². The minimum Gasteiger partial charge on any atom is -0.254 e. The number of rotatable bonds is 6. The Morgan fingerprint density at radius 3 is 1.33 bits per heavy atom. The van der Waals surface area contributed by atoms with Gasteiger partial charge in [-0.3, -0.25) is 9.78 Å². The Morgan fingerprint density at radius 1 is 0.722 bits per heavy atom. The predicted octanol–water partition coefficient (Wildman–Crippen LogP) is 1.07. The Labute approximate surface area is 101 Å². The van der Waals surface area contributed by atoms with Gasteiger partial charge in [0, 0.05) is 11.1 Å². The zero-order valence-corrected chi connectivity index (χ0v) is 9.59. The summed E-state index contributed by atoms with van der Waals surface area (Å²) in [6.45, 7) is 9.12. The molecular weight excluding hydrogens is 252 g/mol. The molecule has 0 aromatic heterocycles. The number of carbonyl (C=O) groups is 3. The number of carbonyl (C=O) groups excluding carboxylic acids is 3. The van der Waals surface area contributed by atoms with Crippen LogP contribution in [0.1, 0.15) is 13.8 Å². The molecule has 9 heteroatoms. The van der Waals surface area contributed by atoms with E-state index in [1.165, 1.54) is 13.8 Å². The highest BCUT2D eigenvalue weighted by molar-refractivity contribution is 5.86. The summed E-state index contributed by atoms with van der Waals surface area (Å²) in [5, 5.41) is 7.40. The van der Waals surface area contributed by atoms with E-state index in [9.17, 15) is 14.4 Å². The molecule has 9 nitrogen and oxygen atoms in total. The Morgan fingerprint density at radius 2 is 1.06 bits per heavy atom. The van der Waals surface area contributed by atoms with E-state index < -0.39 is 18.1 Å². The van der Waals surface area contributed by atoms with Gasteiger partial charge in [0.05, 0.1) is 10.1 Å². The molecule has 0 heterocycles. The molecule has 0 unspecified atom stereocenters. The van der Waals surface area contributed by atoms with E-state index in [-0.39, 0.29) is 11.1 Å². The molecule has 0 aromatic carbocycles. The smallest absolute Gasteiger partial charge is 0.254 e. The zero-order valence-electron chi connectivity index (χ0n) is 9.59. The Hall–Kier alpha value is -2.39. The van der Waals surface area contributed by atoms with Crippen LogP contribution in [0.2, 0.25) is 0 Å². The zero-order chi connectivity index (χ0) is 14.1. The molecule has 0 aliphatic heterocycles. The normalized spacial score (nSPS) is 9.00. The topological polar surface area (TPSA) is 107 Å². The summed E-state index contributed by atoms with van der Waals surface area (Å²) in [7, 11) is 0. The second-order valence-corrected chi connectivity index (χ2v) is 2.85. The second-order valence-electron chi connectivity index (χ2n) is 2.85. The summed E-state index contributed by atoms with van der Waals surface area (Å²) >= 11 is 0. The Balaban J connectivity index is 3.67. The van der Waals surface area contributed by atoms with E-state index in [2.05, 4.69) is 42.8 Å². The van der Waals surface area contributed by atoms with Gasteiger partial charge >= 0.3 is 18.1 Å². The first-order valence-electron chi connectivity index (χ1n) is 4.30. The third-order valence-corrected chi connectivity index (χ3v) is 1.12. The lowest BCUT2D eigenvalue weighted by atomic mass is 10.4. The summed E-state index contributed by atoms with van der Waals surface area (Å²) in [4.78, 5) is 47.3. The highest BCUT2D eigenvalue weighted by Gasteiger charge is 2.13. The van der Waals surface area contributed by atoms with Crippen molar-refractivity contribution in [2.75, 3.05) is 0 Å². The molecule has 0 aliphatic carbocycles. The standard InChI is InChI=1S/C9H10O9/c1-5(2)7(10)13-17-15-9(12)16-18-14-8(11)6(3)4/h1,3H2,2,4H3. The predicted molar refractivity (Wildman–Crippen MR) is 51.5 cm³/mol. The first-order valence-corrected chi connectivity index (χ1v) is 4.30. The van der Waals surface area contributed by atoms with Gasteiger partial charge in [0.2, 0.25) is 0 Å². The molecule has 0 fully saturated rings. The van der Waals surface area contributed by atoms with Crippen molar-refractivity contribution in [2.45, 2.75) is 13.8 Å². The minimum absolute atomic E-state index is 0.0126. The van der Waals surface area contributed by atoms with E-state index in [4.69, 9.17) is 0 Å². The summed E-state index contributed by atoms with van der Waals surface area (Å²) in [5.74, 6) is -1.92. The van der Waals surface area contributed by atoms with Crippen LogP contribution >= 0.6 is 0 Å². The van der Waals surface area contributed by atoms with Crippen LogP contribution < -0.4 is 0 Å². The maximum absolute atomic E-state index is 10.7. The fourth-order valence-electron chi connectivity index (χ4n) is 0.308. The van der Waals surface area contributed by atoms with Gasteiger partial charge in [-0.05, 0) is 13.8 Å². The molecule has 18 heavy (non-hydrogen) atoms. The lowest BCUT2D eigenvalue weighted by Crippen LogP contribution is -2.14. The maximum Gasteiger partial charge on any atom is 0.578 e. The molecule has 0 N–H and O–H groups in total. The van der Waals surface area contributed by atoms with Crippen molar-refractivity contribution in [3.8, 4) is 0 Å². The lowest BCUT2D eigenvalue weighted by Gasteiger charge is -2.01. The van der Waals surface area contributed by atoms with Crippen LogP contribution in [0.4, 0.5) is 4.79 Å². The number of hydrogen-bond acceptors (Lipinski definition) is 9. The van der Waals surface area contributed by atoms with Gasteiger partial charge in [0.25, 0.3) is 0 Å². The first kappa shape index (κ1) is 15.6. The van der Waals surface area contributed by atoms with Gasteiger partial charge in [-0.1, -0.05) is 13.2 Å². The third kappa shape index (κ3) is 6.98. The minimum atomic E-state index is -1.58. The fraction of sp³-hybridized carbons (Fsp3) is 0.222. The monoisotopic (exact) mass is 262 g/mol. The first-order chi connectivity index (χ1) is 8.34. The largest absolute Gasteiger partial charge is 0.578 e. The Kier molecular flexibility index (Phi) is 6.78. The van der Waals surface area contributed by atoms with Crippen LogP contribution in [0.3, 0.4) is 0 Å². The quantitative estimate of drug-likeness (QED) is 0.394. The van der Waals surface area contributed by atoms with Crippen LogP contribution in [-0.2, 0) is 39.2 Å². The van der Waals surface area contributed by atoms with E-state index in [0.29, 0.717) is 0 Å². The molecule has 0 aromatic rings. The van der Waals surface area contributed by atoms with Crippen molar-refractivity contribution in [1.29, 1.82) is 0 Å². The van der Waals surface area contributed by atoms with E-state index in [0.717, 1.165) is 0 Å². The average molecular weight is 262 g/mol. The van der Waals surface area contributed by atoms with Crippen molar-refractivity contribution in [3.63, 3.8) is 0 Å². The highest BCUT2D eigenvalue weighted by Crippen LogP contribution is 1.97. The fourth-order valence-corrected chi connectivity index (χ4v) is 0.308. The highest BCUT2D eigenvalue weighted by atomic mass is 17.6. The molecule has 0 saturated carbocycles. The van der Waals surface area contributed by atoms with Gasteiger partial charge in [-0.2, -0.15) is 4.79 Å². The summed E-state index contributed by atoms with van der Waals surface area (Å²) in [5.41, 5.74) is 0.0252. The molecule has 0 radical (unpaired) electrons. The van der Waals surface area contributed by atoms with Crippen molar-refractivity contribution >= 4 is 18.1 Å². The second kappa shape index (κ2) is 7.81. The van der Waals surface area contributed by atoms with E-state index in [1.54, 1.807) is 0 Å². The van der Waals surface area contributed by atoms with Gasteiger partial charge in [-0.15, -0.1) is 0 Å². The summed E-state index contributed by atoms with van der Waals surface area (Å²) < 4.78 is 0. The summed E-state index contributed by atoms with van der Waals surface area (Å²) in [6.07, 6.45) is -1.58. The molecule has 0 spiro atoms. The molecule has 0 bridgehead atoms. The molecule has 0 aliphatic rings. The summed E-state index contributed by atoms with van der Waals surface area (Å²) in [6, 6.07) is 0. The molecule has 0 amide bonds. The number of hydrogen-bond donors (Lipinski definition) is 0. The van der Waals surface area contributed by atoms with E-state index >= 15 is 0 Å². The lowest BCUT2D eigenvalue weighted by molar-refractivity contribution is -0.500. The molecule has 0 rings (SSSR count). The molecule has 0 saturated heterocycles.